The first kappa shape index (κ1) is 12.9. The standard InChI is InChI=1S/C15H22ClN/c1-11(10-13-4-3-5-13)17-12(2)14-6-8-15(16)9-7-14/h6-9,11-13,17H,3-5,10H2,1-2H3/t11?,12-/m1/s1. The van der Waals surface area contributed by atoms with Gasteiger partial charge in [0.2, 0.25) is 0 Å². The third-order valence-corrected chi connectivity index (χ3v) is 4.07. The number of hydrogen-bond acceptors (Lipinski definition) is 1. The third-order valence-electron chi connectivity index (χ3n) is 3.82. The third kappa shape index (κ3) is 3.72. The smallest absolute Gasteiger partial charge is 0.0406 e. The first-order valence-electron chi connectivity index (χ1n) is 6.66. The summed E-state index contributed by atoms with van der Waals surface area (Å²) in [6.45, 7) is 4.52. The monoisotopic (exact) mass is 251 g/mol. The van der Waals surface area contributed by atoms with Crippen LogP contribution in [0.25, 0.3) is 0 Å². The molecule has 1 aliphatic carbocycles. The van der Waals surface area contributed by atoms with Crippen molar-refractivity contribution in [2.75, 3.05) is 0 Å². The molecule has 2 heteroatoms. The Balaban J connectivity index is 1.82. The lowest BCUT2D eigenvalue weighted by molar-refractivity contribution is 0.259. The lowest BCUT2D eigenvalue weighted by Crippen LogP contribution is -2.32. The van der Waals surface area contributed by atoms with Crippen LogP contribution in [0.5, 0.6) is 0 Å². The van der Waals surface area contributed by atoms with E-state index in [0.29, 0.717) is 12.1 Å². The topological polar surface area (TPSA) is 12.0 Å². The van der Waals surface area contributed by atoms with Crippen molar-refractivity contribution in [3.05, 3.63) is 34.9 Å². The molecule has 1 unspecified atom stereocenters. The zero-order valence-electron chi connectivity index (χ0n) is 10.7. The fourth-order valence-electron chi connectivity index (χ4n) is 2.57. The second-order valence-electron chi connectivity index (χ2n) is 5.37. The van der Waals surface area contributed by atoms with Gasteiger partial charge in [-0.3, -0.25) is 0 Å². The Kier molecular flexibility index (Phi) is 4.47. The lowest BCUT2D eigenvalue weighted by Gasteiger charge is -2.30. The van der Waals surface area contributed by atoms with Crippen LogP contribution in [0.3, 0.4) is 0 Å². The Morgan fingerprint density at radius 2 is 1.88 bits per heavy atom. The molecular weight excluding hydrogens is 230 g/mol. The minimum atomic E-state index is 0.405. The van der Waals surface area contributed by atoms with Crippen LogP contribution < -0.4 is 5.32 Å². The summed E-state index contributed by atoms with van der Waals surface area (Å²) in [5.74, 6) is 0.968. The van der Waals surface area contributed by atoms with Gasteiger partial charge in [-0.1, -0.05) is 43.0 Å². The number of hydrogen-bond donors (Lipinski definition) is 1. The summed E-state index contributed by atoms with van der Waals surface area (Å²) in [5, 5.41) is 4.48. The summed E-state index contributed by atoms with van der Waals surface area (Å²) < 4.78 is 0. The van der Waals surface area contributed by atoms with Crippen LogP contribution in [0.15, 0.2) is 24.3 Å². The van der Waals surface area contributed by atoms with E-state index in [1.165, 1.54) is 31.2 Å². The molecule has 17 heavy (non-hydrogen) atoms. The SMILES string of the molecule is CC(CC1CCC1)N[C@H](C)c1ccc(Cl)cc1. The van der Waals surface area contributed by atoms with E-state index in [2.05, 4.69) is 31.3 Å². The highest BCUT2D eigenvalue weighted by Gasteiger charge is 2.20. The quantitative estimate of drug-likeness (QED) is 0.808. The molecule has 0 saturated heterocycles. The van der Waals surface area contributed by atoms with E-state index >= 15 is 0 Å². The van der Waals surface area contributed by atoms with E-state index < -0.39 is 0 Å². The first-order chi connectivity index (χ1) is 8.15. The first-order valence-corrected chi connectivity index (χ1v) is 7.04. The summed E-state index contributed by atoms with van der Waals surface area (Å²) in [5.41, 5.74) is 1.31. The van der Waals surface area contributed by atoms with E-state index in [9.17, 15) is 0 Å². The van der Waals surface area contributed by atoms with Crippen LogP contribution in [-0.4, -0.2) is 6.04 Å². The highest BCUT2D eigenvalue weighted by molar-refractivity contribution is 6.30. The molecule has 2 atom stereocenters. The fraction of sp³-hybridized carbons (Fsp3) is 0.600. The van der Waals surface area contributed by atoms with Gasteiger partial charge in [0.15, 0.2) is 0 Å². The molecule has 1 fully saturated rings. The summed E-state index contributed by atoms with van der Waals surface area (Å²) in [6.07, 6.45) is 5.62. The molecule has 1 N–H and O–H groups in total. The van der Waals surface area contributed by atoms with E-state index in [0.717, 1.165) is 10.9 Å². The Morgan fingerprint density at radius 1 is 1.24 bits per heavy atom. The molecular formula is C15H22ClN. The number of nitrogens with one attached hydrogen (secondary N) is 1. The van der Waals surface area contributed by atoms with Crippen molar-refractivity contribution in [3.8, 4) is 0 Å². The summed E-state index contributed by atoms with van der Waals surface area (Å²) in [7, 11) is 0. The predicted octanol–water partition coefficient (Wildman–Crippen LogP) is 4.57. The number of halogens is 1. The summed E-state index contributed by atoms with van der Waals surface area (Å²) >= 11 is 5.90. The van der Waals surface area contributed by atoms with Crippen LogP contribution in [-0.2, 0) is 0 Å². The van der Waals surface area contributed by atoms with Crippen molar-refractivity contribution < 1.29 is 0 Å². The minimum absolute atomic E-state index is 0.405. The molecule has 0 bridgehead atoms. The molecule has 1 saturated carbocycles. The van der Waals surface area contributed by atoms with Crippen molar-refractivity contribution >= 4 is 11.6 Å². The Bertz CT molecular complexity index is 342. The highest BCUT2D eigenvalue weighted by atomic mass is 35.5. The molecule has 0 aromatic heterocycles. The largest absolute Gasteiger partial charge is 0.308 e. The van der Waals surface area contributed by atoms with E-state index in [-0.39, 0.29) is 0 Å². The van der Waals surface area contributed by atoms with Crippen LogP contribution in [0, 0.1) is 5.92 Å². The van der Waals surface area contributed by atoms with Crippen molar-refractivity contribution in [3.63, 3.8) is 0 Å². The second-order valence-corrected chi connectivity index (χ2v) is 5.81. The second kappa shape index (κ2) is 5.88. The molecule has 2 rings (SSSR count). The van der Waals surface area contributed by atoms with E-state index in [1.807, 2.05) is 12.1 Å². The molecule has 1 nitrogen and oxygen atoms in total. The lowest BCUT2D eigenvalue weighted by atomic mass is 9.81. The van der Waals surface area contributed by atoms with Crippen LogP contribution in [0.2, 0.25) is 5.02 Å². The van der Waals surface area contributed by atoms with E-state index in [1.54, 1.807) is 0 Å². The molecule has 1 aromatic carbocycles. The van der Waals surface area contributed by atoms with Gasteiger partial charge in [0.1, 0.15) is 0 Å². The average molecular weight is 252 g/mol. The van der Waals surface area contributed by atoms with E-state index in [4.69, 9.17) is 11.6 Å². The van der Waals surface area contributed by atoms with Crippen molar-refractivity contribution in [1.29, 1.82) is 0 Å². The van der Waals surface area contributed by atoms with Gasteiger partial charge < -0.3 is 5.32 Å². The van der Waals surface area contributed by atoms with Crippen LogP contribution in [0.1, 0.15) is 51.1 Å². The molecule has 0 heterocycles. The maximum atomic E-state index is 5.90. The van der Waals surface area contributed by atoms with Gasteiger partial charge in [-0.2, -0.15) is 0 Å². The zero-order valence-corrected chi connectivity index (χ0v) is 11.5. The average Bonchev–Trinajstić information content (AvgIpc) is 2.24. The van der Waals surface area contributed by atoms with Crippen molar-refractivity contribution in [2.45, 2.75) is 51.6 Å². The van der Waals surface area contributed by atoms with Gasteiger partial charge in [0, 0.05) is 17.1 Å². The molecule has 0 spiro atoms. The molecule has 94 valence electrons. The fourth-order valence-corrected chi connectivity index (χ4v) is 2.70. The maximum absolute atomic E-state index is 5.90. The van der Waals surface area contributed by atoms with Gasteiger partial charge in [-0.25, -0.2) is 0 Å². The molecule has 0 radical (unpaired) electrons. The van der Waals surface area contributed by atoms with Gasteiger partial charge in [0.25, 0.3) is 0 Å². The normalized spacial score (nSPS) is 19.7. The van der Waals surface area contributed by atoms with Gasteiger partial charge in [-0.05, 0) is 43.9 Å². The molecule has 1 aliphatic rings. The Hall–Kier alpha value is -0.530. The Morgan fingerprint density at radius 3 is 2.41 bits per heavy atom. The predicted molar refractivity (Wildman–Crippen MR) is 74.4 cm³/mol. The minimum Gasteiger partial charge on any atom is -0.308 e. The molecule has 0 aliphatic heterocycles. The number of benzene rings is 1. The number of rotatable bonds is 5. The molecule has 1 aromatic rings. The van der Waals surface area contributed by atoms with Crippen molar-refractivity contribution in [1.82, 2.24) is 5.32 Å². The zero-order chi connectivity index (χ0) is 12.3. The van der Waals surface area contributed by atoms with Gasteiger partial charge >= 0.3 is 0 Å². The van der Waals surface area contributed by atoms with Crippen molar-refractivity contribution in [2.24, 2.45) is 5.92 Å². The maximum Gasteiger partial charge on any atom is 0.0406 e. The Labute approximate surface area is 110 Å². The summed E-state index contributed by atoms with van der Waals surface area (Å²) in [4.78, 5) is 0. The molecule has 0 amide bonds. The highest BCUT2D eigenvalue weighted by Crippen LogP contribution is 2.30. The van der Waals surface area contributed by atoms with Crippen LogP contribution in [0.4, 0.5) is 0 Å². The van der Waals surface area contributed by atoms with Crippen LogP contribution >= 0.6 is 11.6 Å². The van der Waals surface area contributed by atoms with Gasteiger partial charge in [-0.15, -0.1) is 0 Å². The summed E-state index contributed by atoms with van der Waals surface area (Å²) in [6, 6.07) is 9.15. The van der Waals surface area contributed by atoms with Gasteiger partial charge in [0.05, 0.1) is 0 Å².